The highest BCUT2D eigenvalue weighted by Gasteiger charge is 2.30. The molecule has 0 bridgehead atoms. The summed E-state index contributed by atoms with van der Waals surface area (Å²) in [5, 5.41) is 20.2. The van der Waals surface area contributed by atoms with Crippen LogP contribution < -0.4 is 11.2 Å². The lowest BCUT2D eigenvalue weighted by Gasteiger charge is -2.27. The lowest BCUT2D eigenvalue weighted by molar-refractivity contribution is -0.120. The summed E-state index contributed by atoms with van der Waals surface area (Å²) in [7, 11) is 0. The molecule has 0 saturated carbocycles. The first-order valence-corrected chi connectivity index (χ1v) is 9.03. The van der Waals surface area contributed by atoms with Crippen LogP contribution in [-0.4, -0.2) is 32.1 Å². The van der Waals surface area contributed by atoms with Crippen molar-refractivity contribution < 1.29 is 9.18 Å². The summed E-state index contributed by atoms with van der Waals surface area (Å²) >= 11 is 1.10. The number of thioether (sulfide) groups is 1. The van der Waals surface area contributed by atoms with Gasteiger partial charge in [0.05, 0.1) is 11.8 Å². The van der Waals surface area contributed by atoms with Crippen molar-refractivity contribution in [2.45, 2.75) is 37.9 Å². The largest absolute Gasteiger partial charge is 0.337 e. The number of nitrogens with two attached hydrogens (primary N) is 1. The molecule has 1 atom stereocenters. The molecule has 3 N–H and O–H groups in total. The van der Waals surface area contributed by atoms with Gasteiger partial charge in [-0.2, -0.15) is 5.26 Å². The standard InChI is InChI=1S/C17H21FN6OS/c1-11(2)17(3,10-19)21-15(25)9-26-16-23-22-14(24(16)20)8-12-6-4-5-7-13(12)18/h4-7,11H,8-9,20H2,1-3H3,(H,21,25)/t17-/m0/s1. The van der Waals surface area contributed by atoms with Gasteiger partial charge in [-0.25, -0.2) is 9.07 Å². The molecule has 26 heavy (non-hydrogen) atoms. The number of rotatable bonds is 7. The maximum absolute atomic E-state index is 13.7. The highest BCUT2D eigenvalue weighted by molar-refractivity contribution is 7.99. The second kappa shape index (κ2) is 8.19. The summed E-state index contributed by atoms with van der Waals surface area (Å²) in [6.45, 7) is 5.41. The number of carbonyl (C=O) groups is 1. The molecule has 1 heterocycles. The Bertz CT molecular complexity index is 831. The SMILES string of the molecule is CC(C)[C@](C)(C#N)NC(=O)CSc1nnc(Cc2ccccc2F)n1N. The van der Waals surface area contributed by atoms with Crippen molar-refractivity contribution >= 4 is 17.7 Å². The van der Waals surface area contributed by atoms with E-state index in [9.17, 15) is 14.4 Å². The maximum Gasteiger partial charge on any atom is 0.231 e. The van der Waals surface area contributed by atoms with E-state index in [1.165, 1.54) is 10.7 Å². The second-order valence-electron chi connectivity index (χ2n) is 6.34. The Morgan fingerprint density at radius 2 is 2.15 bits per heavy atom. The van der Waals surface area contributed by atoms with Gasteiger partial charge in [-0.3, -0.25) is 4.79 Å². The number of hydrogen-bond donors (Lipinski definition) is 2. The number of hydrogen-bond acceptors (Lipinski definition) is 6. The van der Waals surface area contributed by atoms with Crippen molar-refractivity contribution in [3.63, 3.8) is 0 Å². The first-order chi connectivity index (χ1) is 12.3. The average molecular weight is 376 g/mol. The van der Waals surface area contributed by atoms with Gasteiger partial charge in [-0.05, 0) is 24.5 Å². The Morgan fingerprint density at radius 3 is 2.77 bits per heavy atom. The van der Waals surface area contributed by atoms with E-state index < -0.39 is 5.54 Å². The Labute approximate surface area is 155 Å². The highest BCUT2D eigenvalue weighted by Crippen LogP contribution is 2.19. The van der Waals surface area contributed by atoms with Crippen LogP contribution in [0, 0.1) is 23.1 Å². The second-order valence-corrected chi connectivity index (χ2v) is 7.29. The van der Waals surface area contributed by atoms with Gasteiger partial charge < -0.3 is 11.2 Å². The molecule has 1 aromatic carbocycles. The number of nitriles is 1. The van der Waals surface area contributed by atoms with Gasteiger partial charge in [0, 0.05) is 6.42 Å². The van der Waals surface area contributed by atoms with E-state index in [-0.39, 0.29) is 29.8 Å². The molecule has 0 fully saturated rings. The molecule has 1 aromatic heterocycles. The number of nitrogen functional groups attached to an aromatic ring is 1. The van der Waals surface area contributed by atoms with Crippen molar-refractivity contribution in [2.75, 3.05) is 11.6 Å². The van der Waals surface area contributed by atoms with Crippen molar-refractivity contribution in [1.82, 2.24) is 20.2 Å². The minimum atomic E-state index is -0.940. The van der Waals surface area contributed by atoms with Crippen LogP contribution in [-0.2, 0) is 11.2 Å². The summed E-state index contributed by atoms with van der Waals surface area (Å²) in [5.41, 5.74) is -0.480. The zero-order chi connectivity index (χ0) is 19.3. The number of carbonyl (C=O) groups excluding carboxylic acids is 1. The first-order valence-electron chi connectivity index (χ1n) is 8.04. The highest BCUT2D eigenvalue weighted by atomic mass is 32.2. The monoisotopic (exact) mass is 376 g/mol. The summed E-state index contributed by atoms with van der Waals surface area (Å²) in [6, 6.07) is 8.48. The molecular formula is C17H21FN6OS. The summed E-state index contributed by atoms with van der Waals surface area (Å²) < 4.78 is 15.0. The third-order valence-corrected chi connectivity index (χ3v) is 5.10. The molecule has 9 heteroatoms. The quantitative estimate of drug-likeness (QED) is 0.564. The minimum Gasteiger partial charge on any atom is -0.337 e. The van der Waals surface area contributed by atoms with Crippen molar-refractivity contribution in [2.24, 2.45) is 5.92 Å². The molecule has 2 rings (SSSR count). The lowest BCUT2D eigenvalue weighted by atomic mass is 9.90. The van der Waals surface area contributed by atoms with Gasteiger partial charge in [-0.15, -0.1) is 10.2 Å². The first kappa shape index (κ1) is 19.7. The molecule has 0 aliphatic carbocycles. The normalized spacial score (nSPS) is 13.2. The third kappa shape index (κ3) is 4.52. The van der Waals surface area contributed by atoms with E-state index in [1.54, 1.807) is 25.1 Å². The zero-order valence-corrected chi connectivity index (χ0v) is 15.7. The Morgan fingerprint density at radius 1 is 1.46 bits per heavy atom. The van der Waals surface area contributed by atoms with E-state index in [2.05, 4.69) is 21.6 Å². The van der Waals surface area contributed by atoms with Crippen LogP contribution in [0.25, 0.3) is 0 Å². The summed E-state index contributed by atoms with van der Waals surface area (Å²) in [6.07, 6.45) is 0.197. The van der Waals surface area contributed by atoms with Crippen molar-refractivity contribution in [1.29, 1.82) is 5.26 Å². The summed E-state index contributed by atoms with van der Waals surface area (Å²) in [4.78, 5) is 12.1. The van der Waals surface area contributed by atoms with E-state index in [1.807, 2.05) is 13.8 Å². The average Bonchev–Trinajstić information content (AvgIpc) is 2.95. The molecule has 138 valence electrons. The van der Waals surface area contributed by atoms with Crippen LogP contribution >= 0.6 is 11.8 Å². The molecule has 2 aromatic rings. The predicted molar refractivity (Wildman–Crippen MR) is 97.1 cm³/mol. The minimum absolute atomic E-state index is 0.0352. The molecule has 0 aliphatic rings. The molecule has 0 spiro atoms. The van der Waals surface area contributed by atoms with Crippen molar-refractivity contribution in [3.8, 4) is 6.07 Å². The number of aromatic nitrogens is 3. The fraction of sp³-hybridized carbons (Fsp3) is 0.412. The van der Waals surface area contributed by atoms with Crippen LogP contribution in [0.5, 0.6) is 0 Å². The van der Waals surface area contributed by atoms with E-state index in [0.717, 1.165) is 11.8 Å². The molecule has 0 saturated heterocycles. The van der Waals surface area contributed by atoms with Gasteiger partial charge >= 0.3 is 0 Å². The summed E-state index contributed by atoms with van der Waals surface area (Å²) in [5.74, 6) is 5.71. The van der Waals surface area contributed by atoms with Crippen LogP contribution in [0.4, 0.5) is 4.39 Å². The Balaban J connectivity index is 1.99. The molecule has 0 unspecified atom stereocenters. The zero-order valence-electron chi connectivity index (χ0n) is 14.9. The lowest BCUT2D eigenvalue weighted by Crippen LogP contribution is -2.49. The Kier molecular flexibility index (Phi) is 6.21. The number of nitrogens with zero attached hydrogens (tertiary/aromatic N) is 4. The molecule has 7 nitrogen and oxygen atoms in total. The molecule has 1 amide bonds. The van der Waals surface area contributed by atoms with Gasteiger partial charge in [0.15, 0.2) is 5.82 Å². The van der Waals surface area contributed by atoms with Crippen molar-refractivity contribution in [3.05, 3.63) is 41.5 Å². The molecule has 0 radical (unpaired) electrons. The van der Waals surface area contributed by atoms with Crippen LogP contribution in [0.2, 0.25) is 0 Å². The van der Waals surface area contributed by atoms with Crippen LogP contribution in [0.15, 0.2) is 29.4 Å². The number of amides is 1. The predicted octanol–water partition coefficient (Wildman–Crippen LogP) is 1.87. The van der Waals surface area contributed by atoms with E-state index in [0.29, 0.717) is 16.5 Å². The van der Waals surface area contributed by atoms with Crippen LogP contribution in [0.3, 0.4) is 0 Å². The van der Waals surface area contributed by atoms with Gasteiger partial charge in [-0.1, -0.05) is 43.8 Å². The molecular weight excluding hydrogens is 355 g/mol. The smallest absolute Gasteiger partial charge is 0.231 e. The van der Waals surface area contributed by atoms with Gasteiger partial charge in [0.1, 0.15) is 11.4 Å². The molecule has 0 aliphatic heterocycles. The van der Waals surface area contributed by atoms with E-state index in [4.69, 9.17) is 5.84 Å². The maximum atomic E-state index is 13.7. The van der Waals surface area contributed by atoms with Gasteiger partial charge in [0.25, 0.3) is 0 Å². The Hall–Kier alpha value is -2.60. The topological polar surface area (TPSA) is 110 Å². The number of nitrogens with one attached hydrogen (secondary N) is 1. The number of benzene rings is 1. The number of halogens is 1. The fourth-order valence-electron chi connectivity index (χ4n) is 2.10. The third-order valence-electron chi connectivity index (χ3n) is 4.16. The van der Waals surface area contributed by atoms with E-state index >= 15 is 0 Å². The van der Waals surface area contributed by atoms with Crippen LogP contribution in [0.1, 0.15) is 32.2 Å². The van der Waals surface area contributed by atoms with Gasteiger partial charge in [0.2, 0.25) is 11.1 Å². The fourth-order valence-corrected chi connectivity index (χ4v) is 2.77.